The van der Waals surface area contributed by atoms with Gasteiger partial charge in [-0.25, -0.2) is 9.97 Å². The molecule has 0 saturated carbocycles. The molecule has 0 aliphatic carbocycles. The first kappa shape index (κ1) is 28.9. The Morgan fingerprint density at radius 1 is 1.00 bits per heavy atom. The zero-order chi connectivity index (χ0) is 27.9. The fourth-order valence-electron chi connectivity index (χ4n) is 3.82. The summed E-state index contributed by atoms with van der Waals surface area (Å²) in [5, 5.41) is 8.60. The number of unbranched alkanes of at least 4 members (excludes halogenated alkanes) is 1. The molecule has 3 rings (SSSR count). The first-order chi connectivity index (χ1) is 17.9. The Morgan fingerprint density at radius 3 is 2.37 bits per heavy atom. The number of hydrogen-bond donors (Lipinski definition) is 2. The van der Waals surface area contributed by atoms with E-state index in [0.29, 0.717) is 30.9 Å². The van der Waals surface area contributed by atoms with Gasteiger partial charge in [0.1, 0.15) is 11.6 Å². The van der Waals surface area contributed by atoms with Gasteiger partial charge in [0.25, 0.3) is 10.0 Å². The second-order valence-corrected chi connectivity index (χ2v) is 10.3. The molecule has 8 nitrogen and oxygen atoms in total. The fraction of sp³-hybridized carbons (Fsp3) is 0.346. The van der Waals surface area contributed by atoms with Crippen LogP contribution in [-0.2, 0) is 21.0 Å². The third-order valence-corrected chi connectivity index (χ3v) is 7.00. The van der Waals surface area contributed by atoms with Crippen molar-refractivity contribution in [1.29, 1.82) is 0 Å². The molecule has 2 N–H and O–H groups in total. The van der Waals surface area contributed by atoms with Crippen LogP contribution in [0.2, 0.25) is 0 Å². The summed E-state index contributed by atoms with van der Waals surface area (Å²) in [6.45, 7) is 4.57. The van der Waals surface area contributed by atoms with Crippen molar-refractivity contribution in [1.82, 2.24) is 9.97 Å². The molecule has 0 bridgehead atoms. The Kier molecular flexibility index (Phi) is 9.31. The highest BCUT2D eigenvalue weighted by atomic mass is 32.2. The second kappa shape index (κ2) is 12.2. The van der Waals surface area contributed by atoms with E-state index in [9.17, 15) is 26.4 Å². The van der Waals surface area contributed by atoms with Gasteiger partial charge in [-0.3, -0.25) is 9.52 Å². The minimum Gasteiger partial charge on any atom is -0.481 e. The van der Waals surface area contributed by atoms with Crippen molar-refractivity contribution in [2.24, 2.45) is 0 Å². The summed E-state index contributed by atoms with van der Waals surface area (Å²) in [5.74, 6) is -0.858. The maximum Gasteiger partial charge on any atom is 0.418 e. The Morgan fingerprint density at radius 2 is 1.71 bits per heavy atom. The number of aromatic nitrogens is 2. The molecule has 12 heteroatoms. The van der Waals surface area contributed by atoms with Gasteiger partial charge in [-0.2, -0.15) is 21.6 Å². The SMILES string of the molecule is CCCCN(CCCC(=O)O)c1cccc(S(=O)(=O)Nc2ccc(C(F)(F)F)c(-c3ccccc3C)n2)n1. The maximum absolute atomic E-state index is 13.7. The molecule has 2 heterocycles. The first-order valence-electron chi connectivity index (χ1n) is 12.0. The van der Waals surface area contributed by atoms with Crippen molar-refractivity contribution < 1.29 is 31.5 Å². The largest absolute Gasteiger partial charge is 0.481 e. The molecular weight excluding hydrogens is 521 g/mol. The number of carbonyl (C=O) groups is 1. The number of sulfonamides is 1. The maximum atomic E-state index is 13.7. The van der Waals surface area contributed by atoms with Crippen LogP contribution < -0.4 is 9.62 Å². The molecule has 0 saturated heterocycles. The van der Waals surface area contributed by atoms with E-state index in [2.05, 4.69) is 14.7 Å². The number of hydrogen-bond acceptors (Lipinski definition) is 6. The quantitative estimate of drug-likeness (QED) is 0.296. The van der Waals surface area contributed by atoms with Gasteiger partial charge >= 0.3 is 12.1 Å². The number of halogens is 3. The van der Waals surface area contributed by atoms with Crippen molar-refractivity contribution in [2.75, 3.05) is 22.7 Å². The van der Waals surface area contributed by atoms with Crippen LogP contribution in [0.15, 0.2) is 59.6 Å². The Labute approximate surface area is 219 Å². The fourth-order valence-corrected chi connectivity index (χ4v) is 4.78. The molecule has 0 atom stereocenters. The smallest absolute Gasteiger partial charge is 0.418 e. The molecule has 204 valence electrons. The highest BCUT2D eigenvalue weighted by molar-refractivity contribution is 7.92. The monoisotopic (exact) mass is 550 g/mol. The molecule has 0 fully saturated rings. The molecule has 38 heavy (non-hydrogen) atoms. The number of rotatable bonds is 12. The number of aliphatic carboxylic acids is 1. The van der Waals surface area contributed by atoms with Crippen LogP contribution in [-0.4, -0.2) is 42.6 Å². The third-order valence-electron chi connectivity index (χ3n) is 5.75. The van der Waals surface area contributed by atoms with Crippen molar-refractivity contribution in [2.45, 2.75) is 50.7 Å². The van der Waals surface area contributed by atoms with E-state index in [1.807, 2.05) is 11.8 Å². The van der Waals surface area contributed by atoms with Crippen LogP contribution in [0.1, 0.15) is 43.7 Å². The van der Waals surface area contributed by atoms with Gasteiger partial charge in [0, 0.05) is 25.1 Å². The average molecular weight is 551 g/mol. The van der Waals surface area contributed by atoms with Crippen molar-refractivity contribution in [3.8, 4) is 11.3 Å². The lowest BCUT2D eigenvalue weighted by molar-refractivity contribution is -0.138. The second-order valence-electron chi connectivity index (χ2n) is 8.68. The summed E-state index contributed by atoms with van der Waals surface area (Å²) in [4.78, 5) is 21.0. The predicted molar refractivity (Wildman–Crippen MR) is 138 cm³/mol. The summed E-state index contributed by atoms with van der Waals surface area (Å²) >= 11 is 0. The highest BCUT2D eigenvalue weighted by Crippen LogP contribution is 2.38. The number of alkyl halides is 3. The van der Waals surface area contributed by atoms with E-state index in [1.165, 1.54) is 18.2 Å². The van der Waals surface area contributed by atoms with Crippen molar-refractivity contribution in [3.05, 3.63) is 65.7 Å². The molecule has 0 spiro atoms. The number of nitrogens with zero attached hydrogens (tertiary/aromatic N) is 3. The molecule has 0 amide bonds. The molecule has 3 aromatic rings. The number of anilines is 2. The normalized spacial score (nSPS) is 11.8. The molecule has 2 aromatic heterocycles. The lowest BCUT2D eigenvalue weighted by Gasteiger charge is -2.24. The van der Waals surface area contributed by atoms with Crippen LogP contribution in [0.3, 0.4) is 0 Å². The lowest BCUT2D eigenvalue weighted by Crippen LogP contribution is -2.28. The average Bonchev–Trinajstić information content (AvgIpc) is 2.85. The number of carboxylic acids is 1. The number of nitrogens with one attached hydrogen (secondary N) is 1. The Balaban J connectivity index is 1.94. The van der Waals surface area contributed by atoms with Gasteiger partial charge in [-0.15, -0.1) is 0 Å². The zero-order valence-corrected chi connectivity index (χ0v) is 21.8. The number of pyridine rings is 2. The minimum absolute atomic E-state index is 0.0367. The summed E-state index contributed by atoms with van der Waals surface area (Å²) in [7, 11) is -4.31. The van der Waals surface area contributed by atoms with Crippen molar-refractivity contribution >= 4 is 27.6 Å². The van der Waals surface area contributed by atoms with Crippen LogP contribution in [0, 0.1) is 6.92 Å². The van der Waals surface area contributed by atoms with Gasteiger partial charge in [0.15, 0.2) is 5.03 Å². The van der Waals surface area contributed by atoms with E-state index in [-0.39, 0.29) is 28.5 Å². The van der Waals surface area contributed by atoms with E-state index >= 15 is 0 Å². The van der Waals surface area contributed by atoms with Crippen LogP contribution in [0.5, 0.6) is 0 Å². The summed E-state index contributed by atoms with van der Waals surface area (Å²) in [5.41, 5.74) is -0.589. The van der Waals surface area contributed by atoms with Gasteiger partial charge in [0.05, 0.1) is 11.3 Å². The van der Waals surface area contributed by atoms with E-state index in [1.54, 1.807) is 31.2 Å². The summed E-state index contributed by atoms with van der Waals surface area (Å²) < 4.78 is 69.7. The van der Waals surface area contributed by atoms with E-state index < -0.39 is 27.7 Å². The molecule has 0 aliphatic heterocycles. The van der Waals surface area contributed by atoms with E-state index in [4.69, 9.17) is 5.11 Å². The highest BCUT2D eigenvalue weighted by Gasteiger charge is 2.35. The number of aryl methyl sites for hydroxylation is 1. The van der Waals surface area contributed by atoms with Crippen LogP contribution >= 0.6 is 0 Å². The van der Waals surface area contributed by atoms with Crippen molar-refractivity contribution in [3.63, 3.8) is 0 Å². The molecular formula is C26H29F3N4O4S. The standard InChI is InChI=1S/C26H29F3N4O4S/c1-3-4-16-33(17-8-13-24(34)35)22-11-7-12-23(31-22)38(36,37)32-21-15-14-20(26(27,28)29)25(30-21)19-10-6-5-9-18(19)2/h5-7,9-12,14-15H,3-4,8,13,16-17H2,1-2H3,(H,30,32)(H,34,35). The van der Waals surface area contributed by atoms with Gasteiger partial charge < -0.3 is 10.0 Å². The first-order valence-corrected chi connectivity index (χ1v) is 13.5. The predicted octanol–water partition coefficient (Wildman–Crippen LogP) is 5.74. The van der Waals surface area contributed by atoms with Crippen LogP contribution in [0.25, 0.3) is 11.3 Å². The zero-order valence-electron chi connectivity index (χ0n) is 21.0. The third kappa shape index (κ3) is 7.44. The van der Waals surface area contributed by atoms with E-state index in [0.717, 1.165) is 25.0 Å². The minimum atomic E-state index is -4.69. The summed E-state index contributed by atoms with van der Waals surface area (Å²) in [6, 6.07) is 12.6. The summed E-state index contributed by atoms with van der Waals surface area (Å²) in [6.07, 6.45) is -2.71. The molecule has 0 radical (unpaired) electrons. The molecule has 1 aromatic carbocycles. The van der Waals surface area contributed by atoms with Gasteiger partial charge in [-0.1, -0.05) is 43.7 Å². The van der Waals surface area contributed by atoms with Crippen LogP contribution in [0.4, 0.5) is 24.8 Å². The number of benzene rings is 1. The topological polar surface area (TPSA) is 112 Å². The van der Waals surface area contributed by atoms with Gasteiger partial charge in [0.2, 0.25) is 0 Å². The molecule has 0 aliphatic rings. The Hall–Kier alpha value is -3.67. The number of carboxylic acid groups (broad SMARTS) is 1. The molecule has 0 unspecified atom stereocenters. The Bertz CT molecular complexity index is 1380. The van der Waals surface area contributed by atoms with Gasteiger partial charge in [-0.05, 0) is 49.6 Å². The lowest BCUT2D eigenvalue weighted by atomic mass is 10.0.